The van der Waals surface area contributed by atoms with Gasteiger partial charge in [-0.3, -0.25) is 4.79 Å². The Kier molecular flexibility index (Phi) is 5.55. The molecule has 1 fully saturated rings. The number of nitrogens with one attached hydrogen (secondary N) is 1. The predicted octanol–water partition coefficient (Wildman–Crippen LogP) is 1.99. The average Bonchev–Trinajstić information content (AvgIpc) is 2.93. The van der Waals surface area contributed by atoms with Gasteiger partial charge >= 0.3 is 0 Å². The number of rotatable bonds is 6. The minimum absolute atomic E-state index is 0.247. The van der Waals surface area contributed by atoms with Crippen molar-refractivity contribution in [1.82, 2.24) is 10.2 Å². The molecule has 1 aliphatic rings. The van der Waals surface area contributed by atoms with E-state index in [0.717, 1.165) is 38.2 Å². The number of thioether (sulfide) groups is 1. The highest BCUT2D eigenvalue weighted by molar-refractivity contribution is 7.99. The number of carbonyl (C=O) groups is 1. The molecule has 1 aromatic rings. The molecule has 18 heavy (non-hydrogen) atoms. The maximum absolute atomic E-state index is 11.7. The summed E-state index contributed by atoms with van der Waals surface area (Å²) in [7, 11) is 0. The largest absolute Gasteiger partial charge is 0.342 e. The van der Waals surface area contributed by atoms with Gasteiger partial charge in [0.1, 0.15) is 0 Å². The zero-order chi connectivity index (χ0) is 12.6. The Balaban J connectivity index is 1.54. The molecule has 1 aliphatic heterocycles. The Labute approximate surface area is 113 Å². The van der Waals surface area contributed by atoms with E-state index in [1.807, 2.05) is 34.9 Å². The Hall–Kier alpha value is -1.00. The lowest BCUT2D eigenvalue weighted by molar-refractivity contribution is -0.129. The third-order valence-electron chi connectivity index (χ3n) is 3.03. The molecule has 2 rings (SSSR count). The predicted molar refractivity (Wildman–Crippen MR) is 75.8 cm³/mol. The second-order valence-corrected chi connectivity index (χ2v) is 5.59. The first kappa shape index (κ1) is 13.4. The Morgan fingerprint density at radius 1 is 1.22 bits per heavy atom. The van der Waals surface area contributed by atoms with Crippen molar-refractivity contribution in [2.75, 3.05) is 31.9 Å². The van der Waals surface area contributed by atoms with Crippen LogP contribution >= 0.6 is 11.8 Å². The number of hydrogen-bond donors (Lipinski definition) is 1. The van der Waals surface area contributed by atoms with Crippen LogP contribution in [0.2, 0.25) is 0 Å². The van der Waals surface area contributed by atoms with Gasteiger partial charge in [0.05, 0.1) is 6.54 Å². The molecule has 1 amide bonds. The van der Waals surface area contributed by atoms with E-state index in [0.29, 0.717) is 6.54 Å². The third kappa shape index (κ3) is 4.35. The van der Waals surface area contributed by atoms with Gasteiger partial charge in [-0.1, -0.05) is 18.2 Å². The first-order valence-electron chi connectivity index (χ1n) is 6.52. The molecule has 1 aromatic carbocycles. The van der Waals surface area contributed by atoms with Gasteiger partial charge in [0.15, 0.2) is 0 Å². The van der Waals surface area contributed by atoms with Gasteiger partial charge in [-0.25, -0.2) is 0 Å². The maximum atomic E-state index is 11.7. The van der Waals surface area contributed by atoms with Crippen LogP contribution in [-0.4, -0.2) is 42.7 Å². The molecular formula is C14H20N2OS. The lowest BCUT2D eigenvalue weighted by Gasteiger charge is -2.15. The molecule has 3 nitrogen and oxygen atoms in total. The topological polar surface area (TPSA) is 32.3 Å². The van der Waals surface area contributed by atoms with Gasteiger partial charge in [-0.05, 0) is 25.0 Å². The number of likely N-dealkylation sites (tertiary alicyclic amines) is 1. The monoisotopic (exact) mass is 264 g/mol. The average molecular weight is 264 g/mol. The van der Waals surface area contributed by atoms with Crippen LogP contribution in [0.25, 0.3) is 0 Å². The van der Waals surface area contributed by atoms with E-state index >= 15 is 0 Å². The number of hydrogen-bond acceptors (Lipinski definition) is 3. The fraction of sp³-hybridized carbons (Fsp3) is 0.500. The molecule has 0 spiro atoms. The molecule has 0 atom stereocenters. The molecule has 4 heteroatoms. The molecule has 0 radical (unpaired) electrons. The van der Waals surface area contributed by atoms with Crippen molar-refractivity contribution in [3.8, 4) is 0 Å². The summed E-state index contributed by atoms with van der Waals surface area (Å²) in [6.45, 7) is 3.24. The van der Waals surface area contributed by atoms with Crippen molar-refractivity contribution in [2.24, 2.45) is 0 Å². The molecule has 1 N–H and O–H groups in total. The minimum Gasteiger partial charge on any atom is -0.342 e. The van der Waals surface area contributed by atoms with E-state index in [-0.39, 0.29) is 5.91 Å². The third-order valence-corrected chi connectivity index (χ3v) is 4.04. The number of amides is 1. The zero-order valence-electron chi connectivity index (χ0n) is 10.6. The second kappa shape index (κ2) is 7.44. The molecule has 0 saturated carbocycles. The van der Waals surface area contributed by atoms with Gasteiger partial charge in [0.25, 0.3) is 0 Å². The van der Waals surface area contributed by atoms with E-state index in [4.69, 9.17) is 0 Å². The molecule has 98 valence electrons. The fourth-order valence-corrected chi connectivity index (χ4v) is 2.86. The lowest BCUT2D eigenvalue weighted by atomic mass is 10.4. The summed E-state index contributed by atoms with van der Waals surface area (Å²) in [6, 6.07) is 10.3. The van der Waals surface area contributed by atoms with Crippen LogP contribution in [-0.2, 0) is 4.79 Å². The standard InChI is InChI=1S/C14H20N2OS/c17-14(16-9-4-5-10-16)12-15-8-11-18-13-6-2-1-3-7-13/h1-3,6-7,15H,4-5,8-12H2. The summed E-state index contributed by atoms with van der Waals surface area (Å²) in [5, 5.41) is 3.22. The summed E-state index contributed by atoms with van der Waals surface area (Å²) in [5.41, 5.74) is 0. The van der Waals surface area contributed by atoms with Crippen molar-refractivity contribution in [2.45, 2.75) is 17.7 Å². The van der Waals surface area contributed by atoms with E-state index < -0.39 is 0 Å². The first-order valence-corrected chi connectivity index (χ1v) is 7.51. The molecular weight excluding hydrogens is 244 g/mol. The molecule has 0 aliphatic carbocycles. The van der Waals surface area contributed by atoms with Gasteiger partial charge in [-0.15, -0.1) is 11.8 Å². The van der Waals surface area contributed by atoms with Crippen molar-refractivity contribution in [3.63, 3.8) is 0 Å². The van der Waals surface area contributed by atoms with Gasteiger partial charge < -0.3 is 10.2 Å². The normalized spacial score (nSPS) is 15.0. The van der Waals surface area contributed by atoms with E-state index in [9.17, 15) is 4.79 Å². The smallest absolute Gasteiger partial charge is 0.236 e. The Morgan fingerprint density at radius 2 is 1.94 bits per heavy atom. The quantitative estimate of drug-likeness (QED) is 0.630. The highest BCUT2D eigenvalue weighted by Crippen LogP contribution is 2.15. The second-order valence-electron chi connectivity index (χ2n) is 4.43. The summed E-state index contributed by atoms with van der Waals surface area (Å²) >= 11 is 1.82. The first-order chi connectivity index (χ1) is 8.86. The number of nitrogens with zero attached hydrogens (tertiary/aromatic N) is 1. The number of carbonyl (C=O) groups excluding carboxylic acids is 1. The van der Waals surface area contributed by atoms with Crippen LogP contribution < -0.4 is 5.32 Å². The van der Waals surface area contributed by atoms with Crippen molar-refractivity contribution in [1.29, 1.82) is 0 Å². The van der Waals surface area contributed by atoms with Gasteiger partial charge in [0.2, 0.25) is 5.91 Å². The SMILES string of the molecule is O=C(CNCCSc1ccccc1)N1CCCC1. The zero-order valence-corrected chi connectivity index (χ0v) is 11.4. The van der Waals surface area contributed by atoms with Crippen LogP contribution in [0.5, 0.6) is 0 Å². The Morgan fingerprint density at radius 3 is 2.67 bits per heavy atom. The van der Waals surface area contributed by atoms with Crippen molar-refractivity contribution >= 4 is 17.7 Å². The Bertz CT molecular complexity index is 363. The molecule has 1 saturated heterocycles. The van der Waals surface area contributed by atoms with Crippen LogP contribution in [0, 0.1) is 0 Å². The molecule has 0 unspecified atom stereocenters. The maximum Gasteiger partial charge on any atom is 0.236 e. The van der Waals surface area contributed by atoms with Crippen molar-refractivity contribution in [3.05, 3.63) is 30.3 Å². The van der Waals surface area contributed by atoms with E-state index in [1.165, 1.54) is 4.90 Å². The summed E-state index contributed by atoms with van der Waals surface area (Å²) in [4.78, 5) is 15.0. The van der Waals surface area contributed by atoms with E-state index in [1.54, 1.807) is 0 Å². The lowest BCUT2D eigenvalue weighted by Crippen LogP contribution is -2.36. The fourth-order valence-electron chi connectivity index (χ4n) is 2.03. The van der Waals surface area contributed by atoms with Gasteiger partial charge in [-0.2, -0.15) is 0 Å². The van der Waals surface area contributed by atoms with Crippen LogP contribution in [0.3, 0.4) is 0 Å². The molecule has 1 heterocycles. The highest BCUT2D eigenvalue weighted by atomic mass is 32.2. The molecule has 0 aromatic heterocycles. The summed E-state index contributed by atoms with van der Waals surface area (Å²) < 4.78 is 0. The summed E-state index contributed by atoms with van der Waals surface area (Å²) in [5.74, 6) is 1.24. The van der Waals surface area contributed by atoms with Crippen LogP contribution in [0.4, 0.5) is 0 Å². The molecule has 0 bridgehead atoms. The number of benzene rings is 1. The summed E-state index contributed by atoms with van der Waals surface area (Å²) in [6.07, 6.45) is 2.32. The minimum atomic E-state index is 0.247. The highest BCUT2D eigenvalue weighted by Gasteiger charge is 2.16. The van der Waals surface area contributed by atoms with E-state index in [2.05, 4.69) is 17.4 Å². The van der Waals surface area contributed by atoms with Gasteiger partial charge in [0, 0.05) is 30.3 Å². The van der Waals surface area contributed by atoms with Crippen LogP contribution in [0.1, 0.15) is 12.8 Å². The van der Waals surface area contributed by atoms with Crippen LogP contribution in [0.15, 0.2) is 35.2 Å². The van der Waals surface area contributed by atoms with Crippen molar-refractivity contribution < 1.29 is 4.79 Å².